The lowest BCUT2D eigenvalue weighted by Crippen LogP contribution is -2.11. The summed E-state index contributed by atoms with van der Waals surface area (Å²) in [4.78, 5) is 35.7. The van der Waals surface area contributed by atoms with Gasteiger partial charge in [-0.2, -0.15) is 0 Å². The molecule has 0 atom stereocenters. The highest BCUT2D eigenvalue weighted by molar-refractivity contribution is 7.98. The number of anilines is 1. The summed E-state index contributed by atoms with van der Waals surface area (Å²) in [7, 11) is 1.32. The number of ether oxygens (including phenoxy) is 1. The standard InChI is InChI=1S/C20H17N5O3S2/c1-28-18(27)15-9-13(10-22-15)16-11-30-19(23-16)24-17(26)12-3-5-14(6-4-12)25-8-7-21-20(25)29-2/h3-11,22H,1-2H3,(H,23,24,26). The first kappa shape index (κ1) is 19.9. The number of thioether (sulfide) groups is 1. The molecular formula is C20H17N5O3S2. The van der Waals surface area contributed by atoms with E-state index in [4.69, 9.17) is 0 Å². The van der Waals surface area contributed by atoms with Crippen LogP contribution in [0, 0.1) is 0 Å². The zero-order valence-corrected chi connectivity index (χ0v) is 17.7. The molecule has 3 aromatic heterocycles. The largest absolute Gasteiger partial charge is 0.464 e. The van der Waals surface area contributed by atoms with Crippen LogP contribution in [0.2, 0.25) is 0 Å². The van der Waals surface area contributed by atoms with E-state index < -0.39 is 5.97 Å². The molecule has 0 fully saturated rings. The highest BCUT2D eigenvalue weighted by Crippen LogP contribution is 2.26. The third-order valence-corrected chi connectivity index (χ3v) is 5.73. The molecule has 4 rings (SSSR count). The smallest absolute Gasteiger partial charge is 0.354 e. The van der Waals surface area contributed by atoms with Crippen LogP contribution >= 0.6 is 23.1 Å². The second-order valence-electron chi connectivity index (χ2n) is 6.12. The number of rotatable bonds is 6. The van der Waals surface area contributed by atoms with Crippen LogP contribution in [-0.2, 0) is 4.74 Å². The van der Waals surface area contributed by atoms with E-state index in [2.05, 4.69) is 25.0 Å². The van der Waals surface area contributed by atoms with Crippen LogP contribution in [0.3, 0.4) is 0 Å². The number of benzene rings is 1. The average molecular weight is 440 g/mol. The molecule has 30 heavy (non-hydrogen) atoms. The van der Waals surface area contributed by atoms with Crippen LogP contribution in [0.1, 0.15) is 20.8 Å². The second kappa shape index (κ2) is 8.56. The molecule has 0 aliphatic heterocycles. The molecule has 0 bridgehead atoms. The third-order valence-electron chi connectivity index (χ3n) is 4.31. The van der Waals surface area contributed by atoms with Crippen molar-refractivity contribution in [3.8, 4) is 16.9 Å². The van der Waals surface area contributed by atoms with E-state index in [-0.39, 0.29) is 5.91 Å². The summed E-state index contributed by atoms with van der Waals surface area (Å²) in [5, 5.41) is 5.97. The number of H-pyrrole nitrogens is 1. The van der Waals surface area contributed by atoms with Gasteiger partial charge < -0.3 is 9.72 Å². The summed E-state index contributed by atoms with van der Waals surface area (Å²) in [6.45, 7) is 0. The number of esters is 1. The Morgan fingerprint density at radius 1 is 1.27 bits per heavy atom. The van der Waals surface area contributed by atoms with Crippen LogP contribution in [-0.4, -0.2) is 44.8 Å². The molecular weight excluding hydrogens is 422 g/mol. The van der Waals surface area contributed by atoms with Gasteiger partial charge in [0.15, 0.2) is 10.3 Å². The molecule has 4 aromatic rings. The van der Waals surface area contributed by atoms with Gasteiger partial charge in [0.05, 0.1) is 12.8 Å². The predicted octanol–water partition coefficient (Wildman–Crippen LogP) is 4.08. The Balaban J connectivity index is 1.46. The molecule has 8 nitrogen and oxygen atoms in total. The lowest BCUT2D eigenvalue weighted by atomic mass is 10.2. The maximum absolute atomic E-state index is 12.6. The number of aromatic nitrogens is 4. The molecule has 152 valence electrons. The predicted molar refractivity (Wildman–Crippen MR) is 117 cm³/mol. The van der Waals surface area contributed by atoms with Crippen molar-refractivity contribution >= 4 is 40.1 Å². The van der Waals surface area contributed by atoms with Crippen molar-refractivity contribution in [3.05, 3.63) is 65.6 Å². The van der Waals surface area contributed by atoms with Crippen LogP contribution < -0.4 is 5.32 Å². The Bertz CT molecular complexity index is 1190. The number of carbonyl (C=O) groups is 2. The summed E-state index contributed by atoms with van der Waals surface area (Å²) in [6, 6.07) is 8.93. The van der Waals surface area contributed by atoms with Crippen LogP contribution in [0.25, 0.3) is 16.9 Å². The number of aromatic amines is 1. The molecule has 0 aliphatic rings. The van der Waals surface area contributed by atoms with E-state index >= 15 is 0 Å². The van der Waals surface area contributed by atoms with Crippen LogP contribution in [0.5, 0.6) is 0 Å². The van der Waals surface area contributed by atoms with Gasteiger partial charge in [0, 0.05) is 40.8 Å². The molecule has 10 heteroatoms. The average Bonchev–Trinajstić information content (AvgIpc) is 3.53. The second-order valence-corrected chi connectivity index (χ2v) is 7.75. The number of thiazole rings is 1. The van der Waals surface area contributed by atoms with Crippen molar-refractivity contribution in [1.29, 1.82) is 0 Å². The Hall–Kier alpha value is -3.37. The van der Waals surface area contributed by atoms with Crippen molar-refractivity contribution < 1.29 is 14.3 Å². The molecule has 0 saturated heterocycles. The van der Waals surface area contributed by atoms with Crippen molar-refractivity contribution in [2.24, 2.45) is 0 Å². The van der Waals surface area contributed by atoms with E-state index in [1.54, 1.807) is 42.4 Å². The van der Waals surface area contributed by atoms with Crippen LogP contribution in [0.4, 0.5) is 5.13 Å². The van der Waals surface area contributed by atoms with Crippen LogP contribution in [0.15, 0.2) is 59.5 Å². The maximum Gasteiger partial charge on any atom is 0.354 e. The summed E-state index contributed by atoms with van der Waals surface area (Å²) in [6.07, 6.45) is 7.26. The molecule has 2 N–H and O–H groups in total. The minimum atomic E-state index is -0.450. The fourth-order valence-corrected chi connectivity index (χ4v) is 4.06. The summed E-state index contributed by atoms with van der Waals surface area (Å²) in [5.74, 6) is -0.698. The minimum absolute atomic E-state index is 0.248. The van der Waals surface area contributed by atoms with Gasteiger partial charge in [-0.3, -0.25) is 14.7 Å². The highest BCUT2D eigenvalue weighted by atomic mass is 32.2. The molecule has 0 saturated carbocycles. The van der Waals surface area contributed by atoms with E-state index in [1.165, 1.54) is 18.4 Å². The van der Waals surface area contributed by atoms with Gasteiger partial charge in [-0.15, -0.1) is 11.3 Å². The fourth-order valence-electron chi connectivity index (χ4n) is 2.81. The molecule has 0 spiro atoms. The van der Waals surface area contributed by atoms with E-state index in [0.717, 1.165) is 16.4 Å². The molecule has 0 unspecified atom stereocenters. The van der Waals surface area contributed by atoms with E-state index in [1.807, 2.05) is 34.5 Å². The number of nitrogens with one attached hydrogen (secondary N) is 2. The topological polar surface area (TPSA) is 102 Å². The van der Waals surface area contributed by atoms with Gasteiger partial charge in [-0.25, -0.2) is 14.8 Å². The van der Waals surface area contributed by atoms with Crippen molar-refractivity contribution in [3.63, 3.8) is 0 Å². The first-order chi connectivity index (χ1) is 14.6. The quantitative estimate of drug-likeness (QED) is 0.347. The number of amides is 1. The molecule has 1 amide bonds. The maximum atomic E-state index is 12.6. The zero-order chi connectivity index (χ0) is 21.1. The molecule has 0 radical (unpaired) electrons. The van der Waals surface area contributed by atoms with Gasteiger partial charge in [0.2, 0.25) is 0 Å². The summed E-state index contributed by atoms with van der Waals surface area (Å²) in [5.41, 5.74) is 3.19. The van der Waals surface area contributed by atoms with Gasteiger partial charge in [0.1, 0.15) is 5.69 Å². The molecule has 0 aliphatic carbocycles. The van der Waals surface area contributed by atoms with Crippen molar-refractivity contribution in [2.45, 2.75) is 5.16 Å². The Labute approximate surface area is 180 Å². The van der Waals surface area contributed by atoms with Gasteiger partial charge in [0.25, 0.3) is 5.91 Å². The van der Waals surface area contributed by atoms with E-state index in [9.17, 15) is 9.59 Å². The summed E-state index contributed by atoms with van der Waals surface area (Å²) < 4.78 is 6.64. The Morgan fingerprint density at radius 3 is 2.80 bits per heavy atom. The highest BCUT2D eigenvalue weighted by Gasteiger charge is 2.14. The van der Waals surface area contributed by atoms with Gasteiger partial charge in [-0.1, -0.05) is 11.8 Å². The minimum Gasteiger partial charge on any atom is -0.464 e. The first-order valence-corrected chi connectivity index (χ1v) is 10.9. The third kappa shape index (κ3) is 4.00. The fraction of sp³-hybridized carbons (Fsp3) is 0.100. The number of hydrogen-bond acceptors (Lipinski definition) is 7. The number of nitrogens with zero attached hydrogens (tertiary/aromatic N) is 3. The Morgan fingerprint density at radius 2 is 2.07 bits per heavy atom. The van der Waals surface area contributed by atoms with Gasteiger partial charge in [-0.05, 0) is 36.6 Å². The lowest BCUT2D eigenvalue weighted by Gasteiger charge is -2.07. The number of imidazole rings is 1. The van der Waals surface area contributed by atoms with Gasteiger partial charge >= 0.3 is 5.97 Å². The van der Waals surface area contributed by atoms with Crippen molar-refractivity contribution in [1.82, 2.24) is 19.5 Å². The number of carbonyl (C=O) groups excluding carboxylic acids is 2. The Kier molecular flexibility index (Phi) is 5.68. The molecule has 3 heterocycles. The SMILES string of the molecule is COC(=O)c1cc(-c2csc(NC(=O)c3ccc(-n4ccnc4SC)cc3)n2)c[nH]1. The number of methoxy groups -OCH3 is 1. The zero-order valence-electron chi connectivity index (χ0n) is 16.1. The van der Waals surface area contributed by atoms with Crippen molar-refractivity contribution in [2.75, 3.05) is 18.7 Å². The number of hydrogen-bond donors (Lipinski definition) is 2. The lowest BCUT2D eigenvalue weighted by molar-refractivity contribution is 0.0594. The van der Waals surface area contributed by atoms with E-state index in [0.29, 0.717) is 22.1 Å². The monoisotopic (exact) mass is 439 g/mol. The summed E-state index contributed by atoms with van der Waals surface area (Å²) >= 11 is 2.86. The first-order valence-electron chi connectivity index (χ1n) is 8.81. The normalized spacial score (nSPS) is 10.7. The molecule has 1 aromatic carbocycles.